The Kier molecular flexibility index (Phi) is 10.5. The maximum absolute atomic E-state index is 11.9. The molecule has 0 bridgehead atoms. The molecule has 0 aliphatic carbocycles. The molecular weight excluding hydrogens is 491 g/mol. The molecular formula is C19H33IN4O3S. The smallest absolute Gasteiger partial charge is 0.213 e. The summed E-state index contributed by atoms with van der Waals surface area (Å²) in [6.45, 7) is 7.47. The van der Waals surface area contributed by atoms with Crippen molar-refractivity contribution in [2.75, 3.05) is 32.4 Å². The molecule has 2 N–H and O–H groups in total. The SMILES string of the molecule is CCS(=O)(=O)N1CCC(NC(=NC)NCC(C)Oc2cccc(C)c2)CC1.I. The monoisotopic (exact) mass is 524 g/mol. The van der Waals surface area contributed by atoms with Crippen LogP contribution in [0.15, 0.2) is 29.3 Å². The second-order valence-corrected chi connectivity index (χ2v) is 9.17. The van der Waals surface area contributed by atoms with E-state index < -0.39 is 10.0 Å². The van der Waals surface area contributed by atoms with Crippen LogP contribution in [-0.2, 0) is 10.0 Å². The number of aliphatic imine (C=N–C) groups is 1. The number of hydrogen-bond acceptors (Lipinski definition) is 4. The van der Waals surface area contributed by atoms with E-state index in [2.05, 4.69) is 15.6 Å². The predicted octanol–water partition coefficient (Wildman–Crippen LogP) is 2.36. The first-order valence-electron chi connectivity index (χ1n) is 9.52. The summed E-state index contributed by atoms with van der Waals surface area (Å²) in [5, 5.41) is 6.67. The van der Waals surface area contributed by atoms with Gasteiger partial charge in [0.1, 0.15) is 11.9 Å². The zero-order valence-electron chi connectivity index (χ0n) is 17.1. The Bertz CT molecular complexity index is 734. The van der Waals surface area contributed by atoms with Crippen LogP contribution in [0, 0.1) is 6.92 Å². The first-order chi connectivity index (χ1) is 12.8. The maximum atomic E-state index is 11.9. The maximum Gasteiger partial charge on any atom is 0.213 e. The van der Waals surface area contributed by atoms with E-state index in [4.69, 9.17) is 4.74 Å². The van der Waals surface area contributed by atoms with E-state index in [1.54, 1.807) is 18.3 Å². The number of nitrogens with zero attached hydrogens (tertiary/aromatic N) is 2. The fraction of sp³-hybridized carbons (Fsp3) is 0.632. The summed E-state index contributed by atoms with van der Waals surface area (Å²) >= 11 is 0. The van der Waals surface area contributed by atoms with Crippen molar-refractivity contribution in [3.8, 4) is 5.75 Å². The van der Waals surface area contributed by atoms with E-state index in [0.717, 1.165) is 18.6 Å². The summed E-state index contributed by atoms with van der Waals surface area (Å²) in [4.78, 5) is 4.27. The van der Waals surface area contributed by atoms with Crippen molar-refractivity contribution in [1.82, 2.24) is 14.9 Å². The molecule has 1 fully saturated rings. The fourth-order valence-electron chi connectivity index (χ4n) is 3.05. The van der Waals surface area contributed by atoms with Crippen LogP contribution in [-0.4, -0.2) is 63.3 Å². The first-order valence-corrected chi connectivity index (χ1v) is 11.1. The highest BCUT2D eigenvalue weighted by molar-refractivity contribution is 14.0. The zero-order valence-corrected chi connectivity index (χ0v) is 20.3. The summed E-state index contributed by atoms with van der Waals surface area (Å²) in [6, 6.07) is 8.21. The number of sulfonamides is 1. The van der Waals surface area contributed by atoms with E-state index in [9.17, 15) is 8.42 Å². The predicted molar refractivity (Wildman–Crippen MR) is 125 cm³/mol. The zero-order chi connectivity index (χ0) is 19.9. The van der Waals surface area contributed by atoms with Gasteiger partial charge in [0.2, 0.25) is 10.0 Å². The van der Waals surface area contributed by atoms with Gasteiger partial charge in [0, 0.05) is 26.2 Å². The van der Waals surface area contributed by atoms with Crippen LogP contribution in [0.1, 0.15) is 32.3 Å². The Hall–Kier alpha value is -1.07. The number of hydrogen-bond donors (Lipinski definition) is 2. The first kappa shape index (κ1) is 25.0. The molecule has 0 radical (unpaired) electrons. The van der Waals surface area contributed by atoms with Crippen molar-refractivity contribution in [1.29, 1.82) is 0 Å². The summed E-state index contributed by atoms with van der Waals surface area (Å²) < 4.78 is 31.4. The van der Waals surface area contributed by atoms with Crippen LogP contribution in [0.5, 0.6) is 5.75 Å². The summed E-state index contributed by atoms with van der Waals surface area (Å²) in [6.07, 6.45) is 1.53. The summed E-state index contributed by atoms with van der Waals surface area (Å²) in [7, 11) is -1.36. The normalized spacial score (nSPS) is 17.5. The molecule has 160 valence electrons. The fourth-order valence-corrected chi connectivity index (χ4v) is 4.18. The Morgan fingerprint density at radius 2 is 2.04 bits per heavy atom. The van der Waals surface area contributed by atoms with Crippen molar-refractivity contribution >= 4 is 40.0 Å². The molecule has 0 amide bonds. The molecule has 1 unspecified atom stereocenters. The number of aryl methyl sites for hydroxylation is 1. The van der Waals surface area contributed by atoms with E-state index in [1.807, 2.05) is 38.1 Å². The average Bonchev–Trinajstić information content (AvgIpc) is 2.65. The summed E-state index contributed by atoms with van der Waals surface area (Å²) in [5.74, 6) is 1.73. The van der Waals surface area contributed by atoms with Gasteiger partial charge >= 0.3 is 0 Å². The van der Waals surface area contributed by atoms with E-state index >= 15 is 0 Å². The number of nitrogens with one attached hydrogen (secondary N) is 2. The second-order valence-electron chi connectivity index (χ2n) is 6.92. The minimum absolute atomic E-state index is 0. The van der Waals surface area contributed by atoms with Crippen molar-refractivity contribution < 1.29 is 13.2 Å². The number of rotatable bonds is 7. The van der Waals surface area contributed by atoms with Gasteiger partial charge in [0.25, 0.3) is 0 Å². The third-order valence-electron chi connectivity index (χ3n) is 4.66. The van der Waals surface area contributed by atoms with Crippen LogP contribution < -0.4 is 15.4 Å². The van der Waals surface area contributed by atoms with Gasteiger partial charge in [0.05, 0.1) is 12.3 Å². The van der Waals surface area contributed by atoms with E-state index in [0.29, 0.717) is 25.6 Å². The highest BCUT2D eigenvalue weighted by Gasteiger charge is 2.27. The van der Waals surface area contributed by atoms with E-state index in [1.165, 1.54) is 5.56 Å². The second kappa shape index (κ2) is 11.8. The molecule has 7 nitrogen and oxygen atoms in total. The minimum atomic E-state index is -3.09. The molecule has 0 spiro atoms. The molecule has 1 atom stereocenters. The number of benzene rings is 1. The van der Waals surface area contributed by atoms with Gasteiger partial charge in [-0.15, -0.1) is 24.0 Å². The lowest BCUT2D eigenvalue weighted by molar-refractivity contribution is 0.223. The molecule has 1 aliphatic rings. The number of halogens is 1. The highest BCUT2D eigenvalue weighted by Crippen LogP contribution is 2.15. The van der Waals surface area contributed by atoms with Gasteiger partial charge < -0.3 is 15.4 Å². The van der Waals surface area contributed by atoms with Crippen molar-refractivity contribution in [3.05, 3.63) is 29.8 Å². The molecule has 2 rings (SSSR count). The molecule has 9 heteroatoms. The molecule has 0 saturated carbocycles. The highest BCUT2D eigenvalue weighted by atomic mass is 127. The van der Waals surface area contributed by atoms with Crippen molar-refractivity contribution in [2.24, 2.45) is 4.99 Å². The van der Waals surface area contributed by atoms with Gasteiger partial charge in [-0.25, -0.2) is 12.7 Å². The molecule has 1 heterocycles. The van der Waals surface area contributed by atoms with Crippen LogP contribution in [0.4, 0.5) is 0 Å². The standard InChI is InChI=1S/C19H32N4O3S.HI/c1-5-27(24,25)23-11-9-17(10-12-23)22-19(20-4)21-14-16(3)26-18-8-6-7-15(2)13-18;/h6-8,13,16-17H,5,9-12,14H2,1-4H3,(H2,20,21,22);1H. The van der Waals surface area contributed by atoms with Gasteiger partial charge in [-0.2, -0.15) is 0 Å². The Balaban J connectivity index is 0.00000392. The van der Waals surface area contributed by atoms with Gasteiger partial charge in [0.15, 0.2) is 5.96 Å². The Labute approximate surface area is 186 Å². The van der Waals surface area contributed by atoms with Crippen molar-refractivity contribution in [2.45, 2.75) is 45.8 Å². The molecule has 1 aliphatic heterocycles. The van der Waals surface area contributed by atoms with Crippen LogP contribution in [0.3, 0.4) is 0 Å². The van der Waals surface area contributed by atoms with Gasteiger partial charge in [-0.05, 0) is 51.3 Å². The number of ether oxygens (including phenoxy) is 1. The third kappa shape index (κ3) is 7.75. The summed E-state index contributed by atoms with van der Waals surface area (Å²) in [5.41, 5.74) is 1.17. The largest absolute Gasteiger partial charge is 0.489 e. The van der Waals surface area contributed by atoms with Crippen LogP contribution in [0.25, 0.3) is 0 Å². The van der Waals surface area contributed by atoms with Crippen LogP contribution in [0.2, 0.25) is 0 Å². The third-order valence-corrected chi connectivity index (χ3v) is 6.54. The lowest BCUT2D eigenvalue weighted by Gasteiger charge is -2.32. The molecule has 28 heavy (non-hydrogen) atoms. The lowest BCUT2D eigenvalue weighted by atomic mass is 10.1. The minimum Gasteiger partial charge on any atom is -0.489 e. The topological polar surface area (TPSA) is 83.0 Å². The Morgan fingerprint density at radius 3 is 2.61 bits per heavy atom. The molecule has 1 aromatic rings. The molecule has 1 aromatic carbocycles. The number of piperidine rings is 1. The van der Waals surface area contributed by atoms with Gasteiger partial charge in [-0.3, -0.25) is 4.99 Å². The van der Waals surface area contributed by atoms with Crippen molar-refractivity contribution in [3.63, 3.8) is 0 Å². The quantitative estimate of drug-likeness (QED) is 0.325. The molecule has 1 saturated heterocycles. The van der Waals surface area contributed by atoms with E-state index in [-0.39, 0.29) is 41.9 Å². The lowest BCUT2D eigenvalue weighted by Crippen LogP contribution is -2.51. The molecule has 0 aromatic heterocycles. The van der Waals surface area contributed by atoms with Crippen LogP contribution >= 0.6 is 24.0 Å². The Morgan fingerprint density at radius 1 is 1.36 bits per heavy atom. The average molecular weight is 524 g/mol. The van der Waals surface area contributed by atoms with Gasteiger partial charge in [-0.1, -0.05) is 12.1 Å². The number of guanidine groups is 1.